The molecule has 0 aromatic carbocycles. The molecule has 2 rings (SSSR count). The van der Waals surface area contributed by atoms with E-state index in [1.165, 1.54) is 0 Å². The quantitative estimate of drug-likeness (QED) is 0.796. The molecule has 0 aromatic rings. The monoisotopic (exact) mass is 292 g/mol. The van der Waals surface area contributed by atoms with Gasteiger partial charge in [-0.3, -0.25) is 9.59 Å². The van der Waals surface area contributed by atoms with Gasteiger partial charge in [-0.25, -0.2) is 0 Å². The Bertz CT molecular complexity index is 392. The Morgan fingerprint density at radius 3 is 2.50 bits per heavy atom. The molecule has 1 saturated carbocycles. The van der Waals surface area contributed by atoms with Gasteiger partial charge < -0.3 is 9.80 Å². The highest BCUT2D eigenvalue weighted by Crippen LogP contribution is 2.30. The van der Waals surface area contributed by atoms with E-state index in [0.29, 0.717) is 4.90 Å². The first-order valence-electron chi connectivity index (χ1n) is 6.89. The molecule has 0 spiro atoms. The Kier molecular flexibility index (Phi) is 4.25. The van der Waals surface area contributed by atoms with Crippen LogP contribution in [0.2, 0.25) is 0 Å². The normalized spacial score (nSPS) is 24.5. The molecule has 1 aliphatic carbocycles. The minimum absolute atomic E-state index is 0.0392. The Morgan fingerprint density at radius 1 is 1.35 bits per heavy atom. The summed E-state index contributed by atoms with van der Waals surface area (Å²) in [5.41, 5.74) is 0. The third-order valence-corrected chi connectivity index (χ3v) is 4.07. The predicted molar refractivity (Wildman–Crippen MR) is 65.8 cm³/mol. The molecule has 1 aliphatic heterocycles. The number of halogens is 3. The van der Waals surface area contributed by atoms with Crippen molar-refractivity contribution in [2.75, 3.05) is 20.1 Å². The van der Waals surface area contributed by atoms with Crippen LogP contribution in [0, 0.1) is 5.92 Å². The smallest absolute Gasteiger partial charge is 0.339 e. The topological polar surface area (TPSA) is 40.6 Å². The summed E-state index contributed by atoms with van der Waals surface area (Å²) in [6.07, 6.45) is -0.353. The number of nitrogens with zero attached hydrogens (tertiary/aromatic N) is 2. The van der Waals surface area contributed by atoms with E-state index in [9.17, 15) is 22.8 Å². The van der Waals surface area contributed by atoms with Crippen LogP contribution in [0.1, 0.15) is 32.1 Å². The SMILES string of the molecule is CN(CC(F)(F)F)C(=O)[C@@H]1CC(=O)N(C2CCCC2)C1. The number of carbonyl (C=O) groups excluding carboxylic acids is 2. The van der Waals surface area contributed by atoms with Crippen molar-refractivity contribution in [1.82, 2.24) is 9.80 Å². The van der Waals surface area contributed by atoms with E-state index in [2.05, 4.69) is 0 Å². The molecule has 20 heavy (non-hydrogen) atoms. The van der Waals surface area contributed by atoms with E-state index >= 15 is 0 Å². The Hall–Kier alpha value is -1.27. The molecule has 0 aromatic heterocycles. The number of hydrogen-bond donors (Lipinski definition) is 0. The average molecular weight is 292 g/mol. The summed E-state index contributed by atoms with van der Waals surface area (Å²) in [5.74, 6) is -1.32. The van der Waals surface area contributed by atoms with Crippen molar-refractivity contribution in [2.24, 2.45) is 5.92 Å². The highest BCUT2D eigenvalue weighted by molar-refractivity contribution is 5.89. The summed E-state index contributed by atoms with van der Waals surface area (Å²) in [6, 6.07) is 0.174. The Balaban J connectivity index is 1.93. The Labute approximate surface area is 115 Å². The summed E-state index contributed by atoms with van der Waals surface area (Å²) >= 11 is 0. The van der Waals surface area contributed by atoms with Crippen LogP contribution >= 0.6 is 0 Å². The van der Waals surface area contributed by atoms with E-state index < -0.39 is 24.5 Å². The van der Waals surface area contributed by atoms with Gasteiger partial charge in [-0.1, -0.05) is 12.8 Å². The fourth-order valence-corrected chi connectivity index (χ4v) is 3.12. The molecule has 0 bridgehead atoms. The molecular weight excluding hydrogens is 273 g/mol. The number of likely N-dealkylation sites (tertiary alicyclic amines) is 1. The number of carbonyl (C=O) groups is 2. The van der Waals surface area contributed by atoms with Crippen molar-refractivity contribution in [1.29, 1.82) is 0 Å². The second-order valence-electron chi connectivity index (χ2n) is 5.69. The molecule has 2 aliphatic rings. The molecule has 1 saturated heterocycles. The number of hydrogen-bond acceptors (Lipinski definition) is 2. The fraction of sp³-hybridized carbons (Fsp3) is 0.846. The maximum atomic E-state index is 12.3. The van der Waals surface area contributed by atoms with Gasteiger partial charge in [0.15, 0.2) is 0 Å². The lowest BCUT2D eigenvalue weighted by molar-refractivity contribution is -0.160. The second kappa shape index (κ2) is 5.61. The first-order chi connectivity index (χ1) is 9.28. The maximum Gasteiger partial charge on any atom is 0.406 e. The van der Waals surface area contributed by atoms with E-state index in [-0.39, 0.29) is 24.9 Å². The Morgan fingerprint density at radius 2 is 1.95 bits per heavy atom. The van der Waals surface area contributed by atoms with Crippen LogP contribution in [-0.2, 0) is 9.59 Å². The summed E-state index contributed by atoms with van der Waals surface area (Å²) in [7, 11) is 1.14. The third-order valence-electron chi connectivity index (χ3n) is 4.07. The largest absolute Gasteiger partial charge is 0.406 e. The van der Waals surface area contributed by atoms with Gasteiger partial charge in [-0.05, 0) is 12.8 Å². The molecule has 4 nitrogen and oxygen atoms in total. The average Bonchev–Trinajstić information content (AvgIpc) is 2.94. The zero-order chi connectivity index (χ0) is 14.9. The molecule has 1 heterocycles. The number of amides is 2. The third kappa shape index (κ3) is 3.43. The van der Waals surface area contributed by atoms with Crippen molar-refractivity contribution >= 4 is 11.8 Å². The van der Waals surface area contributed by atoms with Gasteiger partial charge in [0.2, 0.25) is 11.8 Å². The number of rotatable bonds is 3. The zero-order valence-corrected chi connectivity index (χ0v) is 11.4. The zero-order valence-electron chi connectivity index (χ0n) is 11.4. The molecule has 0 unspecified atom stereocenters. The second-order valence-corrected chi connectivity index (χ2v) is 5.69. The summed E-state index contributed by atoms with van der Waals surface area (Å²) < 4.78 is 36.8. The van der Waals surface area contributed by atoms with Crippen molar-refractivity contribution in [2.45, 2.75) is 44.3 Å². The lowest BCUT2D eigenvalue weighted by Gasteiger charge is -2.25. The van der Waals surface area contributed by atoms with Crippen LogP contribution < -0.4 is 0 Å². The summed E-state index contributed by atoms with van der Waals surface area (Å²) in [5, 5.41) is 0. The van der Waals surface area contributed by atoms with Crippen molar-refractivity contribution in [3.8, 4) is 0 Å². The van der Waals surface area contributed by atoms with Crippen molar-refractivity contribution in [3.63, 3.8) is 0 Å². The molecule has 114 valence electrons. The lowest BCUT2D eigenvalue weighted by Crippen LogP contribution is -2.41. The van der Waals surface area contributed by atoms with E-state index in [0.717, 1.165) is 32.7 Å². The summed E-state index contributed by atoms with van der Waals surface area (Å²) in [6.45, 7) is -0.996. The molecule has 1 atom stereocenters. The summed E-state index contributed by atoms with van der Waals surface area (Å²) in [4.78, 5) is 26.3. The van der Waals surface area contributed by atoms with Crippen molar-refractivity contribution in [3.05, 3.63) is 0 Å². The molecule has 0 radical (unpaired) electrons. The van der Waals surface area contributed by atoms with Gasteiger partial charge >= 0.3 is 6.18 Å². The highest BCUT2D eigenvalue weighted by Gasteiger charge is 2.41. The highest BCUT2D eigenvalue weighted by atomic mass is 19.4. The van der Waals surface area contributed by atoms with E-state index in [1.54, 1.807) is 4.90 Å². The van der Waals surface area contributed by atoms with Crippen LogP contribution in [0.5, 0.6) is 0 Å². The van der Waals surface area contributed by atoms with Gasteiger partial charge in [0.25, 0.3) is 0 Å². The van der Waals surface area contributed by atoms with Crippen LogP contribution in [0.25, 0.3) is 0 Å². The maximum absolute atomic E-state index is 12.3. The van der Waals surface area contributed by atoms with Gasteiger partial charge in [0, 0.05) is 26.1 Å². The van der Waals surface area contributed by atoms with Crippen LogP contribution in [0.15, 0.2) is 0 Å². The predicted octanol–water partition coefficient (Wildman–Crippen LogP) is 1.80. The molecule has 2 amide bonds. The number of alkyl halides is 3. The molecule has 7 heteroatoms. The first-order valence-corrected chi connectivity index (χ1v) is 6.89. The lowest BCUT2D eigenvalue weighted by atomic mass is 10.1. The fourth-order valence-electron chi connectivity index (χ4n) is 3.12. The molecule has 0 N–H and O–H groups in total. The standard InChI is InChI=1S/C13H19F3N2O2/c1-17(8-13(14,15)16)12(20)9-6-11(19)18(7-9)10-4-2-3-5-10/h9-10H,2-8H2,1H3/t9-/m1/s1. The van der Waals surface area contributed by atoms with E-state index in [4.69, 9.17) is 0 Å². The molecular formula is C13H19F3N2O2. The van der Waals surface area contributed by atoms with Gasteiger partial charge in [-0.2, -0.15) is 13.2 Å². The minimum atomic E-state index is -4.40. The van der Waals surface area contributed by atoms with E-state index in [1.807, 2.05) is 0 Å². The van der Waals surface area contributed by atoms with Crippen LogP contribution in [0.3, 0.4) is 0 Å². The van der Waals surface area contributed by atoms with Gasteiger partial charge in [-0.15, -0.1) is 0 Å². The first kappa shape index (κ1) is 15.1. The van der Waals surface area contributed by atoms with Crippen molar-refractivity contribution < 1.29 is 22.8 Å². The van der Waals surface area contributed by atoms with Gasteiger partial charge in [0.1, 0.15) is 6.54 Å². The van der Waals surface area contributed by atoms with Gasteiger partial charge in [0.05, 0.1) is 5.92 Å². The van der Waals surface area contributed by atoms with Crippen LogP contribution in [0.4, 0.5) is 13.2 Å². The molecule has 2 fully saturated rings. The van der Waals surface area contributed by atoms with Crippen LogP contribution in [-0.4, -0.2) is 54.0 Å². The minimum Gasteiger partial charge on any atom is -0.339 e.